The molecular formula is C32H26FNO5. The number of carbonyl (C=O) groups excluding carboxylic acids is 2. The minimum absolute atomic E-state index is 0.0555. The number of ether oxygens (including phenoxy) is 1. The van der Waals surface area contributed by atoms with Gasteiger partial charge in [0.2, 0.25) is 0 Å². The van der Waals surface area contributed by atoms with Gasteiger partial charge < -0.3 is 18.9 Å². The zero-order valence-electron chi connectivity index (χ0n) is 21.4. The van der Waals surface area contributed by atoms with E-state index in [-0.39, 0.29) is 18.7 Å². The molecule has 0 radical (unpaired) electrons. The van der Waals surface area contributed by atoms with Gasteiger partial charge in [-0.3, -0.25) is 9.59 Å². The Balaban J connectivity index is 1.27. The second-order valence-corrected chi connectivity index (χ2v) is 9.27. The van der Waals surface area contributed by atoms with Crippen LogP contribution in [0.5, 0.6) is 0 Å². The topological polar surface area (TPSA) is 81.7 Å². The van der Waals surface area contributed by atoms with Gasteiger partial charge >= 0.3 is 0 Å². The number of nitrogens with one attached hydrogen (secondary N) is 1. The molecule has 2 aromatic heterocycles. The third kappa shape index (κ3) is 5.99. The molecule has 6 nitrogen and oxygen atoms in total. The van der Waals surface area contributed by atoms with Crippen molar-refractivity contribution in [3.05, 3.63) is 119 Å². The van der Waals surface area contributed by atoms with Crippen LogP contribution in [-0.4, -0.2) is 18.6 Å². The average Bonchev–Trinajstić information content (AvgIpc) is 3.61. The van der Waals surface area contributed by atoms with Crippen LogP contribution in [0.3, 0.4) is 0 Å². The fourth-order valence-corrected chi connectivity index (χ4v) is 4.21. The zero-order chi connectivity index (χ0) is 27.4. The number of carbonyl (C=O) groups is 2. The number of rotatable bonds is 9. The number of hydrogen-bond acceptors (Lipinski definition) is 5. The van der Waals surface area contributed by atoms with Gasteiger partial charge in [0.15, 0.2) is 12.0 Å². The Morgan fingerprint density at radius 2 is 1.41 bits per heavy atom. The molecule has 7 heteroatoms. The number of amides is 1. The van der Waals surface area contributed by atoms with Gasteiger partial charge in [-0.15, -0.1) is 0 Å². The molecule has 0 aliphatic rings. The fourth-order valence-electron chi connectivity index (χ4n) is 4.21. The average molecular weight is 524 g/mol. The van der Waals surface area contributed by atoms with E-state index in [1.807, 2.05) is 62.4 Å². The molecule has 1 amide bonds. The van der Waals surface area contributed by atoms with E-state index in [0.717, 1.165) is 22.3 Å². The summed E-state index contributed by atoms with van der Waals surface area (Å²) in [7, 11) is 0. The van der Waals surface area contributed by atoms with Crippen LogP contribution >= 0.6 is 0 Å². The molecule has 3 aromatic carbocycles. The molecule has 0 fully saturated rings. The van der Waals surface area contributed by atoms with Gasteiger partial charge in [0.1, 0.15) is 23.1 Å². The number of furan rings is 2. The van der Waals surface area contributed by atoms with E-state index in [4.69, 9.17) is 13.6 Å². The predicted octanol–water partition coefficient (Wildman–Crippen LogP) is 7.10. The summed E-state index contributed by atoms with van der Waals surface area (Å²) in [5, 5.41) is 2.62. The summed E-state index contributed by atoms with van der Waals surface area (Å²) < 4.78 is 31.7. The standard InChI is InChI=1S/C32H26FNO5/c1-20-3-8-23(9-4-20)27-13-15-29(38-27)25-12-7-22(17-26(25)33)18-31(37-19-35)34-32(36)30-16-14-28(39-30)24-10-5-21(2)6-11-24/h3-17,19,31H,18H2,1-2H3,(H,34,36). The molecule has 0 saturated carbocycles. The second kappa shape index (κ2) is 11.2. The first-order valence-electron chi connectivity index (χ1n) is 12.4. The van der Waals surface area contributed by atoms with Gasteiger partial charge in [0, 0.05) is 17.5 Å². The molecule has 0 aliphatic heterocycles. The lowest BCUT2D eigenvalue weighted by Crippen LogP contribution is -2.38. The molecule has 1 N–H and O–H groups in total. The van der Waals surface area contributed by atoms with Gasteiger partial charge in [-0.1, -0.05) is 65.7 Å². The first-order valence-corrected chi connectivity index (χ1v) is 12.4. The van der Waals surface area contributed by atoms with Crippen LogP contribution in [0.4, 0.5) is 4.39 Å². The summed E-state index contributed by atoms with van der Waals surface area (Å²) in [6.45, 7) is 4.23. The lowest BCUT2D eigenvalue weighted by Gasteiger charge is -2.16. The highest BCUT2D eigenvalue weighted by molar-refractivity contribution is 5.92. The van der Waals surface area contributed by atoms with E-state index in [9.17, 15) is 9.59 Å². The van der Waals surface area contributed by atoms with Gasteiger partial charge in [0.25, 0.3) is 12.4 Å². The third-order valence-corrected chi connectivity index (χ3v) is 6.34. The van der Waals surface area contributed by atoms with Gasteiger partial charge in [0.05, 0.1) is 5.56 Å². The summed E-state index contributed by atoms with van der Waals surface area (Å²) in [5.74, 6) is 0.576. The molecule has 5 rings (SSSR count). The first kappa shape index (κ1) is 25.7. The first-order chi connectivity index (χ1) is 18.9. The molecule has 5 aromatic rings. The Labute approximate surface area is 225 Å². The molecule has 39 heavy (non-hydrogen) atoms. The Hall–Kier alpha value is -4.91. The number of benzene rings is 3. The molecule has 0 saturated heterocycles. The third-order valence-electron chi connectivity index (χ3n) is 6.34. The van der Waals surface area contributed by atoms with Crippen molar-refractivity contribution in [3.8, 4) is 34.0 Å². The fraction of sp³-hybridized carbons (Fsp3) is 0.125. The van der Waals surface area contributed by atoms with Crippen LogP contribution in [0.2, 0.25) is 0 Å². The van der Waals surface area contributed by atoms with E-state index >= 15 is 4.39 Å². The molecule has 2 heterocycles. The van der Waals surface area contributed by atoms with Crippen LogP contribution in [0, 0.1) is 19.7 Å². The lowest BCUT2D eigenvalue weighted by molar-refractivity contribution is -0.134. The molecule has 0 spiro atoms. The quantitative estimate of drug-likeness (QED) is 0.165. The summed E-state index contributed by atoms with van der Waals surface area (Å²) >= 11 is 0. The maximum atomic E-state index is 15.1. The SMILES string of the molecule is Cc1ccc(-c2ccc(C(=O)NC(Cc3ccc(-c4ccc(-c5ccc(C)cc5)o4)c(F)c3)OC=O)o2)cc1. The van der Waals surface area contributed by atoms with Gasteiger partial charge in [-0.05, 0) is 55.8 Å². The summed E-state index contributed by atoms with van der Waals surface area (Å²) in [6.07, 6.45) is -0.968. The van der Waals surface area contributed by atoms with Gasteiger partial charge in [-0.25, -0.2) is 4.39 Å². The predicted molar refractivity (Wildman–Crippen MR) is 145 cm³/mol. The number of aryl methyl sites for hydroxylation is 2. The highest BCUT2D eigenvalue weighted by Gasteiger charge is 2.20. The molecule has 1 atom stereocenters. The van der Waals surface area contributed by atoms with Crippen molar-refractivity contribution in [1.82, 2.24) is 5.32 Å². The molecule has 0 bridgehead atoms. The van der Waals surface area contributed by atoms with Crippen LogP contribution in [0.1, 0.15) is 27.2 Å². The monoisotopic (exact) mass is 523 g/mol. The summed E-state index contributed by atoms with van der Waals surface area (Å²) in [4.78, 5) is 23.9. The maximum absolute atomic E-state index is 15.1. The summed E-state index contributed by atoms with van der Waals surface area (Å²) in [6, 6.07) is 27.0. The van der Waals surface area contributed by atoms with E-state index in [1.165, 1.54) is 6.07 Å². The van der Waals surface area contributed by atoms with Gasteiger partial charge in [-0.2, -0.15) is 0 Å². The van der Waals surface area contributed by atoms with Crippen molar-refractivity contribution < 1.29 is 27.6 Å². The van der Waals surface area contributed by atoms with Crippen molar-refractivity contribution in [2.24, 2.45) is 0 Å². The van der Waals surface area contributed by atoms with E-state index in [1.54, 1.807) is 36.4 Å². The minimum atomic E-state index is -1.02. The molecule has 196 valence electrons. The van der Waals surface area contributed by atoms with Crippen molar-refractivity contribution in [3.63, 3.8) is 0 Å². The lowest BCUT2D eigenvalue weighted by atomic mass is 10.1. The van der Waals surface area contributed by atoms with E-state index in [0.29, 0.717) is 28.4 Å². The Kier molecular flexibility index (Phi) is 7.41. The second-order valence-electron chi connectivity index (χ2n) is 9.27. The van der Waals surface area contributed by atoms with Crippen molar-refractivity contribution in [1.29, 1.82) is 0 Å². The molecule has 1 unspecified atom stereocenters. The number of hydrogen-bond donors (Lipinski definition) is 1. The Bertz CT molecular complexity index is 1600. The van der Waals surface area contributed by atoms with Crippen molar-refractivity contribution >= 4 is 12.4 Å². The zero-order valence-corrected chi connectivity index (χ0v) is 21.4. The Morgan fingerprint density at radius 1 is 0.821 bits per heavy atom. The smallest absolute Gasteiger partial charge is 0.295 e. The van der Waals surface area contributed by atoms with Crippen molar-refractivity contribution in [2.45, 2.75) is 26.5 Å². The Morgan fingerprint density at radius 3 is 2.03 bits per heavy atom. The van der Waals surface area contributed by atoms with E-state index < -0.39 is 18.0 Å². The largest absolute Gasteiger partial charge is 0.456 e. The normalized spacial score (nSPS) is 11.7. The van der Waals surface area contributed by atoms with Crippen LogP contribution < -0.4 is 5.32 Å². The van der Waals surface area contributed by atoms with Crippen LogP contribution in [0.15, 0.2) is 99.8 Å². The highest BCUT2D eigenvalue weighted by Crippen LogP contribution is 2.31. The highest BCUT2D eigenvalue weighted by atomic mass is 19.1. The van der Waals surface area contributed by atoms with Crippen molar-refractivity contribution in [2.75, 3.05) is 0 Å². The maximum Gasteiger partial charge on any atom is 0.295 e. The van der Waals surface area contributed by atoms with Crippen LogP contribution in [-0.2, 0) is 16.0 Å². The number of halogens is 1. The van der Waals surface area contributed by atoms with Crippen LogP contribution in [0.25, 0.3) is 34.0 Å². The minimum Gasteiger partial charge on any atom is -0.456 e. The van der Waals surface area contributed by atoms with E-state index in [2.05, 4.69) is 5.32 Å². The molecular weight excluding hydrogens is 497 g/mol. The molecule has 0 aliphatic carbocycles. The summed E-state index contributed by atoms with van der Waals surface area (Å²) in [5.41, 5.74) is 4.80.